The molecule has 0 aliphatic heterocycles. The van der Waals surface area contributed by atoms with Gasteiger partial charge in [-0.05, 0) is 37.5 Å². The molecule has 21 heavy (non-hydrogen) atoms. The summed E-state index contributed by atoms with van der Waals surface area (Å²) in [6.07, 6.45) is -0.534. The zero-order chi connectivity index (χ0) is 15.7. The number of ether oxygens (including phenoxy) is 2. The van der Waals surface area contributed by atoms with Gasteiger partial charge in [-0.1, -0.05) is 19.9 Å². The Morgan fingerprint density at radius 1 is 1.05 bits per heavy atom. The fourth-order valence-electron chi connectivity index (χ4n) is 1.83. The van der Waals surface area contributed by atoms with E-state index >= 15 is 0 Å². The van der Waals surface area contributed by atoms with E-state index in [0.29, 0.717) is 24.7 Å². The van der Waals surface area contributed by atoms with Crippen LogP contribution in [0.1, 0.15) is 45.2 Å². The van der Waals surface area contributed by atoms with E-state index in [9.17, 15) is 8.78 Å². The molecule has 0 bridgehead atoms. The number of hydrogen-bond donors (Lipinski definition) is 1. The fourth-order valence-corrected chi connectivity index (χ4v) is 1.83. The van der Waals surface area contributed by atoms with E-state index in [-0.39, 0.29) is 12.6 Å². The van der Waals surface area contributed by atoms with E-state index < -0.39 is 6.43 Å². The first-order chi connectivity index (χ1) is 10.1. The molecule has 0 amide bonds. The minimum absolute atomic E-state index is 0.164. The largest absolute Gasteiger partial charge is 0.490 e. The highest BCUT2D eigenvalue weighted by atomic mass is 19.3. The minimum Gasteiger partial charge on any atom is -0.490 e. The molecule has 0 saturated heterocycles. The summed E-state index contributed by atoms with van der Waals surface area (Å²) in [5.41, 5.74) is 0.908. The predicted molar refractivity (Wildman–Crippen MR) is 80.4 cm³/mol. The Balaban J connectivity index is 2.81. The van der Waals surface area contributed by atoms with Gasteiger partial charge in [0, 0.05) is 6.04 Å². The summed E-state index contributed by atoms with van der Waals surface area (Å²) >= 11 is 0. The second-order valence-corrected chi connectivity index (χ2v) is 4.92. The summed E-state index contributed by atoms with van der Waals surface area (Å²) in [4.78, 5) is 0. The van der Waals surface area contributed by atoms with Crippen LogP contribution in [0.5, 0.6) is 11.5 Å². The minimum atomic E-state index is -2.35. The molecule has 0 aliphatic rings. The third-order valence-electron chi connectivity index (χ3n) is 2.97. The Hall–Kier alpha value is -1.36. The molecule has 1 N–H and O–H groups in total. The number of alkyl halides is 2. The number of rotatable bonds is 10. The topological polar surface area (TPSA) is 30.5 Å². The highest BCUT2D eigenvalue weighted by molar-refractivity contribution is 5.43. The molecule has 0 spiro atoms. The Bertz CT molecular complexity index is 413. The second kappa shape index (κ2) is 9.55. The van der Waals surface area contributed by atoms with Gasteiger partial charge in [-0.3, -0.25) is 0 Å². The van der Waals surface area contributed by atoms with Crippen molar-refractivity contribution in [2.75, 3.05) is 19.8 Å². The lowest BCUT2D eigenvalue weighted by Crippen LogP contribution is -2.24. The van der Waals surface area contributed by atoms with Crippen LogP contribution < -0.4 is 14.8 Å². The number of nitrogens with one attached hydrogen (secondary N) is 1. The Kier molecular flexibility index (Phi) is 8.05. The Morgan fingerprint density at radius 2 is 1.67 bits per heavy atom. The molecule has 0 aromatic heterocycles. The quantitative estimate of drug-likeness (QED) is 0.703. The van der Waals surface area contributed by atoms with Crippen LogP contribution in [0.2, 0.25) is 0 Å². The lowest BCUT2D eigenvalue weighted by atomic mass is 10.1. The third-order valence-corrected chi connectivity index (χ3v) is 2.97. The van der Waals surface area contributed by atoms with Crippen LogP contribution in [-0.2, 0) is 0 Å². The monoisotopic (exact) mass is 301 g/mol. The van der Waals surface area contributed by atoms with Crippen molar-refractivity contribution in [1.82, 2.24) is 5.32 Å². The Labute approximate surface area is 125 Å². The van der Waals surface area contributed by atoms with Crippen LogP contribution in [0.15, 0.2) is 18.2 Å². The van der Waals surface area contributed by atoms with Gasteiger partial charge < -0.3 is 14.8 Å². The van der Waals surface area contributed by atoms with Crippen LogP contribution >= 0.6 is 0 Å². The lowest BCUT2D eigenvalue weighted by molar-refractivity contribution is 0.142. The van der Waals surface area contributed by atoms with Gasteiger partial charge in [0.25, 0.3) is 6.43 Å². The van der Waals surface area contributed by atoms with Gasteiger partial charge in [-0.25, -0.2) is 8.78 Å². The van der Waals surface area contributed by atoms with Crippen molar-refractivity contribution in [2.45, 2.75) is 46.1 Å². The van der Waals surface area contributed by atoms with Crippen molar-refractivity contribution >= 4 is 0 Å². The molecule has 1 aromatic rings. The molecule has 0 aliphatic carbocycles. The first kappa shape index (κ1) is 17.7. The summed E-state index contributed by atoms with van der Waals surface area (Å²) < 4.78 is 35.9. The maximum atomic E-state index is 12.3. The summed E-state index contributed by atoms with van der Waals surface area (Å²) in [7, 11) is 0. The molecule has 0 fully saturated rings. The van der Waals surface area contributed by atoms with E-state index in [4.69, 9.17) is 9.47 Å². The second-order valence-electron chi connectivity index (χ2n) is 4.92. The SMILES string of the molecule is CCCOc1ccc(C(C)NCC(F)F)cc1OCCC. The summed E-state index contributed by atoms with van der Waals surface area (Å²) in [6, 6.07) is 5.43. The molecule has 0 heterocycles. The van der Waals surface area contributed by atoms with E-state index in [0.717, 1.165) is 18.4 Å². The maximum Gasteiger partial charge on any atom is 0.250 e. The highest BCUT2D eigenvalue weighted by Crippen LogP contribution is 2.31. The van der Waals surface area contributed by atoms with E-state index in [1.54, 1.807) is 0 Å². The molecular formula is C16H25F2NO2. The highest BCUT2D eigenvalue weighted by Gasteiger charge is 2.12. The van der Waals surface area contributed by atoms with Gasteiger partial charge in [0.05, 0.1) is 19.8 Å². The number of benzene rings is 1. The van der Waals surface area contributed by atoms with E-state index in [2.05, 4.69) is 5.32 Å². The molecule has 0 radical (unpaired) electrons. The standard InChI is InChI=1S/C16H25F2NO2/c1-4-8-20-14-7-6-13(10-15(14)21-9-5-2)12(3)19-11-16(17)18/h6-7,10,12,16,19H,4-5,8-9,11H2,1-3H3. The summed E-state index contributed by atoms with van der Waals surface area (Å²) in [6.45, 7) is 6.83. The number of halogens is 2. The van der Waals surface area contributed by atoms with Crippen LogP contribution in [0.4, 0.5) is 8.78 Å². The van der Waals surface area contributed by atoms with Crippen molar-refractivity contribution < 1.29 is 18.3 Å². The summed E-state index contributed by atoms with van der Waals surface area (Å²) in [5, 5.41) is 2.80. The molecule has 5 heteroatoms. The average molecular weight is 301 g/mol. The van der Waals surface area contributed by atoms with Crippen LogP contribution in [-0.4, -0.2) is 26.2 Å². The van der Waals surface area contributed by atoms with Gasteiger partial charge in [0.15, 0.2) is 11.5 Å². The smallest absolute Gasteiger partial charge is 0.250 e. The van der Waals surface area contributed by atoms with Gasteiger partial charge in [0.2, 0.25) is 0 Å². The van der Waals surface area contributed by atoms with Gasteiger partial charge in [-0.15, -0.1) is 0 Å². The lowest BCUT2D eigenvalue weighted by Gasteiger charge is -2.17. The van der Waals surface area contributed by atoms with Crippen molar-refractivity contribution in [3.05, 3.63) is 23.8 Å². The van der Waals surface area contributed by atoms with Gasteiger partial charge >= 0.3 is 0 Å². The third kappa shape index (κ3) is 6.29. The normalized spacial score (nSPS) is 12.5. The molecule has 0 saturated carbocycles. The first-order valence-electron chi connectivity index (χ1n) is 7.49. The van der Waals surface area contributed by atoms with Crippen molar-refractivity contribution in [3.8, 4) is 11.5 Å². The van der Waals surface area contributed by atoms with E-state index in [1.807, 2.05) is 39.0 Å². The van der Waals surface area contributed by atoms with Crippen molar-refractivity contribution in [3.63, 3.8) is 0 Å². The van der Waals surface area contributed by atoms with Crippen LogP contribution in [0, 0.1) is 0 Å². The zero-order valence-electron chi connectivity index (χ0n) is 13.0. The van der Waals surface area contributed by atoms with Crippen LogP contribution in [0.3, 0.4) is 0 Å². The average Bonchev–Trinajstić information content (AvgIpc) is 2.48. The molecule has 1 rings (SSSR count). The van der Waals surface area contributed by atoms with Gasteiger partial charge in [0.1, 0.15) is 0 Å². The molecule has 1 aromatic carbocycles. The fraction of sp³-hybridized carbons (Fsp3) is 0.625. The van der Waals surface area contributed by atoms with Crippen molar-refractivity contribution in [1.29, 1.82) is 0 Å². The molecule has 3 nitrogen and oxygen atoms in total. The first-order valence-corrected chi connectivity index (χ1v) is 7.49. The van der Waals surface area contributed by atoms with Crippen LogP contribution in [0.25, 0.3) is 0 Å². The molecule has 1 atom stereocenters. The Morgan fingerprint density at radius 3 is 2.24 bits per heavy atom. The van der Waals surface area contributed by atoms with E-state index in [1.165, 1.54) is 0 Å². The maximum absolute atomic E-state index is 12.3. The summed E-state index contributed by atoms with van der Waals surface area (Å²) in [5.74, 6) is 1.38. The predicted octanol–water partition coefficient (Wildman–Crippen LogP) is 4.18. The molecular weight excluding hydrogens is 276 g/mol. The van der Waals surface area contributed by atoms with Gasteiger partial charge in [-0.2, -0.15) is 0 Å². The zero-order valence-corrected chi connectivity index (χ0v) is 13.0. The molecule has 1 unspecified atom stereocenters. The van der Waals surface area contributed by atoms with Crippen molar-refractivity contribution in [2.24, 2.45) is 0 Å². The molecule has 120 valence electrons. The number of hydrogen-bond acceptors (Lipinski definition) is 3.